The highest BCUT2D eigenvalue weighted by Crippen LogP contribution is 2.59. The topological polar surface area (TPSA) is 129 Å². The van der Waals surface area contributed by atoms with E-state index in [9.17, 15) is 18.9 Å². The Morgan fingerprint density at radius 2 is 1.89 bits per heavy atom. The fraction of sp³-hybridized carbons (Fsp3) is 0.688. The van der Waals surface area contributed by atoms with Crippen molar-refractivity contribution in [3.63, 3.8) is 0 Å². The summed E-state index contributed by atoms with van der Waals surface area (Å²) in [7, 11) is -2.25. The highest BCUT2D eigenvalue weighted by atomic mass is 31.2. The predicted octanol–water partition coefficient (Wildman–Crippen LogP) is 0.920. The Kier molecular flexibility index (Phi) is 7.00. The van der Waals surface area contributed by atoms with Gasteiger partial charge in [-0.15, -0.1) is 0 Å². The molecule has 0 bridgehead atoms. The van der Waals surface area contributed by atoms with E-state index in [4.69, 9.17) is 18.6 Å². The Labute approximate surface area is 162 Å². The molecule has 11 nitrogen and oxygen atoms in total. The third kappa shape index (κ3) is 3.99. The summed E-state index contributed by atoms with van der Waals surface area (Å²) in [4.78, 5) is 45.0. The number of hydroxylamine groups is 2. The Balaban J connectivity index is 2.62. The summed E-state index contributed by atoms with van der Waals surface area (Å²) in [5, 5.41) is 1.18. The molecule has 28 heavy (non-hydrogen) atoms. The van der Waals surface area contributed by atoms with E-state index in [-0.39, 0.29) is 31.8 Å². The maximum atomic E-state index is 13.3. The van der Waals surface area contributed by atoms with Crippen LogP contribution in [0.1, 0.15) is 32.8 Å². The second-order valence-corrected chi connectivity index (χ2v) is 8.34. The van der Waals surface area contributed by atoms with E-state index in [1.807, 2.05) is 0 Å². The second kappa shape index (κ2) is 8.71. The minimum absolute atomic E-state index is 0.0317. The first kappa shape index (κ1) is 22.5. The first-order valence-electron chi connectivity index (χ1n) is 8.96. The van der Waals surface area contributed by atoms with Gasteiger partial charge in [-0.3, -0.25) is 23.7 Å². The quantitative estimate of drug-likeness (QED) is 0.483. The fourth-order valence-corrected chi connectivity index (χ4v) is 5.09. The van der Waals surface area contributed by atoms with Crippen molar-refractivity contribution >= 4 is 13.6 Å². The summed E-state index contributed by atoms with van der Waals surface area (Å²) < 4.78 is 30.1. The van der Waals surface area contributed by atoms with Crippen LogP contribution >= 0.6 is 7.60 Å². The SMILES string of the molecule is CCOC(=O)[C@]1(n2cc(C)c(=O)[nH]c2=O)C[C@H](P(=O)(OCC)OCC)N(C)O1. The number of nitrogens with zero attached hydrogens (tertiary/aromatic N) is 2. The van der Waals surface area contributed by atoms with Crippen molar-refractivity contribution in [2.24, 2.45) is 0 Å². The van der Waals surface area contributed by atoms with Crippen LogP contribution < -0.4 is 11.2 Å². The average Bonchev–Trinajstić information content (AvgIpc) is 2.98. The molecule has 2 heterocycles. The molecule has 0 saturated carbocycles. The van der Waals surface area contributed by atoms with Gasteiger partial charge in [-0.25, -0.2) is 9.59 Å². The van der Waals surface area contributed by atoms with Gasteiger partial charge in [-0.2, -0.15) is 5.06 Å². The Hall–Kier alpha value is -1.78. The third-order valence-electron chi connectivity index (χ3n) is 4.26. The van der Waals surface area contributed by atoms with Gasteiger partial charge in [0.05, 0.1) is 19.8 Å². The van der Waals surface area contributed by atoms with Crippen molar-refractivity contribution in [3.8, 4) is 0 Å². The van der Waals surface area contributed by atoms with Gasteiger partial charge in [0, 0.05) is 25.2 Å². The monoisotopic (exact) mass is 419 g/mol. The molecule has 1 N–H and O–H groups in total. The number of hydrogen-bond donors (Lipinski definition) is 1. The molecule has 1 fully saturated rings. The molecule has 2 atom stereocenters. The molecule has 158 valence electrons. The number of nitrogens with one attached hydrogen (secondary N) is 1. The molecule has 1 aliphatic heterocycles. The van der Waals surface area contributed by atoms with Gasteiger partial charge in [0.15, 0.2) is 0 Å². The number of hydrogen-bond acceptors (Lipinski definition) is 9. The average molecular weight is 419 g/mol. The van der Waals surface area contributed by atoms with Crippen molar-refractivity contribution in [1.29, 1.82) is 0 Å². The Bertz CT molecular complexity index is 871. The zero-order valence-corrected chi connectivity index (χ0v) is 17.5. The molecule has 1 aromatic rings. The van der Waals surface area contributed by atoms with Crippen LogP contribution in [0, 0.1) is 6.92 Å². The van der Waals surface area contributed by atoms with Gasteiger partial charge in [0.2, 0.25) is 0 Å². The second-order valence-electron chi connectivity index (χ2n) is 6.14. The summed E-state index contributed by atoms with van der Waals surface area (Å²) in [6, 6.07) is 0. The number of rotatable bonds is 8. The Morgan fingerprint density at radius 1 is 1.29 bits per heavy atom. The van der Waals surface area contributed by atoms with Gasteiger partial charge in [0.1, 0.15) is 5.78 Å². The molecule has 0 amide bonds. The molecule has 0 spiro atoms. The molecule has 1 aliphatic rings. The smallest absolute Gasteiger partial charge is 0.362 e. The van der Waals surface area contributed by atoms with Gasteiger partial charge >= 0.3 is 19.3 Å². The normalized spacial score (nSPS) is 23.1. The lowest BCUT2D eigenvalue weighted by Crippen LogP contribution is -2.50. The largest absolute Gasteiger partial charge is 0.462 e. The summed E-state index contributed by atoms with van der Waals surface area (Å²) >= 11 is 0. The zero-order chi connectivity index (χ0) is 21.1. The van der Waals surface area contributed by atoms with Crippen molar-refractivity contribution in [3.05, 3.63) is 32.6 Å². The molecule has 12 heteroatoms. The van der Waals surface area contributed by atoms with Gasteiger partial charge in [-0.1, -0.05) is 0 Å². The van der Waals surface area contributed by atoms with Crippen LogP contribution in [0.2, 0.25) is 0 Å². The summed E-state index contributed by atoms with van der Waals surface area (Å²) in [5.74, 6) is -1.84. The number of ether oxygens (including phenoxy) is 1. The molecule has 1 saturated heterocycles. The van der Waals surface area contributed by atoms with Crippen LogP contribution in [0.25, 0.3) is 0 Å². The maximum absolute atomic E-state index is 13.3. The van der Waals surface area contributed by atoms with Gasteiger partial charge < -0.3 is 13.8 Å². The number of aryl methyl sites for hydroxylation is 1. The standard InChI is InChI=1S/C16H26N3O8P/c1-6-24-14(21)16(19-10-11(4)13(20)17-15(19)22)9-12(18(5)27-16)28(23,25-7-2)26-8-3/h10,12H,6-9H2,1-5H3,(H,17,20,22)/t12-,16-/m0/s1. The van der Waals surface area contributed by atoms with Crippen molar-refractivity contribution < 1.29 is 28.0 Å². The summed E-state index contributed by atoms with van der Waals surface area (Å²) in [6.45, 7) is 6.68. The number of aromatic nitrogens is 2. The van der Waals surface area contributed by atoms with E-state index in [1.54, 1.807) is 20.8 Å². The first-order chi connectivity index (χ1) is 13.1. The van der Waals surface area contributed by atoms with E-state index < -0.39 is 36.3 Å². The summed E-state index contributed by atoms with van der Waals surface area (Å²) in [6.07, 6.45) is 0.964. The van der Waals surface area contributed by atoms with E-state index >= 15 is 0 Å². The highest BCUT2D eigenvalue weighted by Gasteiger charge is 2.59. The number of carbonyl (C=O) groups excluding carboxylic acids is 1. The predicted molar refractivity (Wildman–Crippen MR) is 98.8 cm³/mol. The van der Waals surface area contributed by atoms with Crippen LogP contribution in [0.3, 0.4) is 0 Å². The van der Waals surface area contributed by atoms with Crippen LogP contribution in [0.15, 0.2) is 15.8 Å². The van der Waals surface area contributed by atoms with Gasteiger partial charge in [0.25, 0.3) is 11.3 Å². The molecule has 0 unspecified atom stereocenters. The van der Waals surface area contributed by atoms with Crippen LogP contribution in [0.5, 0.6) is 0 Å². The van der Waals surface area contributed by atoms with Crippen molar-refractivity contribution in [1.82, 2.24) is 14.6 Å². The van der Waals surface area contributed by atoms with Crippen molar-refractivity contribution in [2.45, 2.75) is 45.6 Å². The lowest BCUT2D eigenvalue weighted by Gasteiger charge is -2.27. The first-order valence-corrected chi connectivity index (χ1v) is 10.6. The summed E-state index contributed by atoms with van der Waals surface area (Å²) in [5.41, 5.74) is -3.22. The Morgan fingerprint density at radius 3 is 2.43 bits per heavy atom. The molecular formula is C16H26N3O8P. The van der Waals surface area contributed by atoms with Crippen LogP contribution in [-0.2, 0) is 33.7 Å². The van der Waals surface area contributed by atoms with E-state index in [0.717, 1.165) is 4.57 Å². The van der Waals surface area contributed by atoms with E-state index in [2.05, 4.69) is 4.98 Å². The van der Waals surface area contributed by atoms with Crippen LogP contribution in [-0.4, -0.2) is 53.2 Å². The lowest BCUT2D eigenvalue weighted by atomic mass is 10.1. The number of esters is 1. The molecule has 0 aliphatic carbocycles. The van der Waals surface area contributed by atoms with Crippen LogP contribution in [0.4, 0.5) is 0 Å². The number of carbonyl (C=O) groups is 1. The fourth-order valence-electron chi connectivity index (χ4n) is 3.03. The maximum Gasteiger partial charge on any atom is 0.362 e. The minimum Gasteiger partial charge on any atom is -0.462 e. The molecule has 1 aromatic heterocycles. The van der Waals surface area contributed by atoms with E-state index in [0.29, 0.717) is 0 Å². The molecule has 2 rings (SSSR count). The number of H-pyrrole nitrogens is 1. The lowest BCUT2D eigenvalue weighted by molar-refractivity contribution is -0.235. The number of aromatic amines is 1. The van der Waals surface area contributed by atoms with Crippen molar-refractivity contribution in [2.75, 3.05) is 26.9 Å². The van der Waals surface area contributed by atoms with Gasteiger partial charge in [-0.05, 0) is 27.7 Å². The third-order valence-corrected chi connectivity index (χ3v) is 6.73. The molecular weight excluding hydrogens is 393 g/mol. The highest BCUT2D eigenvalue weighted by molar-refractivity contribution is 7.54. The zero-order valence-electron chi connectivity index (χ0n) is 16.6. The molecule has 0 aromatic carbocycles. The minimum atomic E-state index is -3.71. The molecule has 0 radical (unpaired) electrons. The van der Waals surface area contributed by atoms with E-state index in [1.165, 1.54) is 25.2 Å².